The number of aryl methyl sites for hydroxylation is 1. The van der Waals surface area contributed by atoms with Crippen LogP contribution in [-0.4, -0.2) is 59.6 Å². The summed E-state index contributed by atoms with van der Waals surface area (Å²) in [6, 6.07) is 6.17. The van der Waals surface area contributed by atoms with Gasteiger partial charge in [-0.1, -0.05) is 12.1 Å². The Bertz CT molecular complexity index is 929. The Morgan fingerprint density at radius 2 is 1.90 bits per heavy atom. The Labute approximate surface area is 178 Å². The number of hydrogen-bond acceptors (Lipinski definition) is 8. The van der Waals surface area contributed by atoms with Crippen LogP contribution in [0.3, 0.4) is 0 Å². The van der Waals surface area contributed by atoms with Gasteiger partial charge in [0.2, 0.25) is 0 Å². The summed E-state index contributed by atoms with van der Waals surface area (Å²) in [5.41, 5.74) is 0.884. The first kappa shape index (κ1) is 22.6. The van der Waals surface area contributed by atoms with Gasteiger partial charge in [-0.3, -0.25) is 9.59 Å². The van der Waals surface area contributed by atoms with Gasteiger partial charge in [0.25, 0.3) is 5.91 Å². The van der Waals surface area contributed by atoms with Crippen molar-refractivity contribution in [3.63, 3.8) is 0 Å². The van der Waals surface area contributed by atoms with Gasteiger partial charge in [0, 0.05) is 5.92 Å². The van der Waals surface area contributed by atoms with Crippen LogP contribution in [0, 0.1) is 12.7 Å². The van der Waals surface area contributed by atoms with E-state index in [4.69, 9.17) is 14.2 Å². The maximum Gasteiger partial charge on any atom is 0.325 e. The van der Waals surface area contributed by atoms with E-state index >= 15 is 0 Å². The van der Waals surface area contributed by atoms with Crippen LogP contribution < -0.4 is 5.32 Å². The number of nitrogens with one attached hydrogen (secondary N) is 1. The molecule has 0 atom stereocenters. The minimum absolute atomic E-state index is 0.0245. The fraction of sp³-hybridized carbons (Fsp3) is 0.429. The molecule has 1 amide bonds. The molecule has 1 aromatic carbocycles. The van der Waals surface area contributed by atoms with Crippen LogP contribution in [0.4, 0.5) is 4.39 Å². The number of hydrogen-bond donors (Lipinski definition) is 2. The fourth-order valence-corrected chi connectivity index (χ4v) is 3.06. The van der Waals surface area contributed by atoms with Crippen molar-refractivity contribution in [2.75, 3.05) is 26.4 Å². The Kier molecular flexibility index (Phi) is 7.48. The van der Waals surface area contributed by atoms with Crippen molar-refractivity contribution in [1.82, 2.24) is 15.3 Å². The van der Waals surface area contributed by atoms with Gasteiger partial charge in [0.15, 0.2) is 17.7 Å². The summed E-state index contributed by atoms with van der Waals surface area (Å²) in [7, 11) is 0. The molecule has 1 aromatic heterocycles. The number of carbonyl (C=O) groups excluding carboxylic acids is 2. The van der Waals surface area contributed by atoms with Crippen LogP contribution in [0.2, 0.25) is 0 Å². The number of aromatic nitrogens is 2. The van der Waals surface area contributed by atoms with Crippen molar-refractivity contribution >= 4 is 11.9 Å². The quantitative estimate of drug-likeness (QED) is 0.632. The summed E-state index contributed by atoms with van der Waals surface area (Å²) in [5, 5.41) is 12.5. The molecule has 1 aliphatic heterocycles. The fourth-order valence-electron chi connectivity index (χ4n) is 3.06. The lowest BCUT2D eigenvalue weighted by Gasteiger charge is -2.29. The summed E-state index contributed by atoms with van der Waals surface area (Å²) in [6.07, 6.45) is -0.467. The van der Waals surface area contributed by atoms with E-state index < -0.39 is 18.2 Å². The van der Waals surface area contributed by atoms with Crippen molar-refractivity contribution in [2.45, 2.75) is 32.5 Å². The number of carbonyl (C=O) groups is 2. The van der Waals surface area contributed by atoms with Crippen molar-refractivity contribution in [3.8, 4) is 5.75 Å². The van der Waals surface area contributed by atoms with E-state index in [0.717, 1.165) is 5.56 Å². The number of benzene rings is 1. The molecule has 31 heavy (non-hydrogen) atoms. The third-order valence-corrected chi connectivity index (χ3v) is 4.68. The number of amides is 1. The van der Waals surface area contributed by atoms with Crippen LogP contribution in [-0.2, 0) is 25.4 Å². The standard InChI is InChI=1S/C21H24FN3O6/c1-3-29-17(26)9-23-21(28)19-20(27)12(2)24-16(25-19)8-18-30-10-14(11-31-18)13-4-6-15(22)7-5-13/h4-7,14,18,27H,3,8-11H2,1-2H3,(H,23,28). The first-order valence-electron chi connectivity index (χ1n) is 9.86. The first-order chi connectivity index (χ1) is 14.9. The SMILES string of the molecule is CCOC(=O)CNC(=O)c1nc(CC2OCC(c3ccc(F)cc3)CO2)nc(C)c1O. The molecular weight excluding hydrogens is 409 g/mol. The highest BCUT2D eigenvalue weighted by Crippen LogP contribution is 2.25. The van der Waals surface area contributed by atoms with Gasteiger partial charge < -0.3 is 24.6 Å². The van der Waals surface area contributed by atoms with Crippen molar-refractivity contribution in [2.24, 2.45) is 0 Å². The Morgan fingerprint density at radius 3 is 2.55 bits per heavy atom. The van der Waals surface area contributed by atoms with E-state index in [-0.39, 0.29) is 54.3 Å². The predicted octanol–water partition coefficient (Wildman–Crippen LogP) is 1.62. The number of rotatable bonds is 7. The lowest BCUT2D eigenvalue weighted by Crippen LogP contribution is -2.34. The molecule has 0 bridgehead atoms. The van der Waals surface area contributed by atoms with E-state index in [9.17, 15) is 19.1 Å². The van der Waals surface area contributed by atoms with Gasteiger partial charge in [-0.05, 0) is 31.5 Å². The molecule has 2 aromatic rings. The highest BCUT2D eigenvalue weighted by Gasteiger charge is 2.26. The second kappa shape index (κ2) is 10.3. The zero-order valence-corrected chi connectivity index (χ0v) is 17.3. The van der Waals surface area contributed by atoms with Gasteiger partial charge >= 0.3 is 5.97 Å². The summed E-state index contributed by atoms with van der Waals surface area (Å²) in [6.45, 7) is 3.80. The number of ether oxygens (including phenoxy) is 3. The molecule has 1 aliphatic rings. The summed E-state index contributed by atoms with van der Waals surface area (Å²) >= 11 is 0. The van der Waals surface area contributed by atoms with Gasteiger partial charge in [0.05, 0.1) is 31.9 Å². The highest BCUT2D eigenvalue weighted by molar-refractivity contribution is 5.96. The Morgan fingerprint density at radius 1 is 1.23 bits per heavy atom. The first-order valence-corrected chi connectivity index (χ1v) is 9.86. The van der Waals surface area contributed by atoms with E-state index in [2.05, 4.69) is 15.3 Å². The molecule has 0 spiro atoms. The minimum atomic E-state index is -0.723. The number of esters is 1. The lowest BCUT2D eigenvalue weighted by molar-refractivity contribution is -0.186. The molecule has 1 saturated heterocycles. The largest absolute Gasteiger partial charge is 0.504 e. The molecule has 0 aliphatic carbocycles. The van der Waals surface area contributed by atoms with Gasteiger partial charge in [0.1, 0.15) is 18.2 Å². The zero-order chi connectivity index (χ0) is 22.4. The Hall–Kier alpha value is -3.11. The molecule has 2 N–H and O–H groups in total. The van der Waals surface area contributed by atoms with Gasteiger partial charge in [-0.15, -0.1) is 0 Å². The van der Waals surface area contributed by atoms with E-state index in [1.165, 1.54) is 19.1 Å². The number of nitrogens with zero attached hydrogens (tertiary/aromatic N) is 2. The molecule has 2 heterocycles. The molecule has 3 rings (SSSR count). The Balaban J connectivity index is 1.61. The third-order valence-electron chi connectivity index (χ3n) is 4.68. The molecule has 0 saturated carbocycles. The van der Waals surface area contributed by atoms with Crippen LogP contribution in [0.25, 0.3) is 0 Å². The van der Waals surface area contributed by atoms with Crippen molar-refractivity contribution in [1.29, 1.82) is 0 Å². The normalized spacial score (nSPS) is 18.4. The summed E-state index contributed by atoms with van der Waals surface area (Å²) < 4.78 is 29.3. The number of aromatic hydroxyl groups is 1. The van der Waals surface area contributed by atoms with E-state index in [1.54, 1.807) is 19.1 Å². The summed E-state index contributed by atoms with van der Waals surface area (Å²) in [4.78, 5) is 32.1. The van der Waals surface area contributed by atoms with Crippen LogP contribution in [0.15, 0.2) is 24.3 Å². The van der Waals surface area contributed by atoms with Crippen LogP contribution >= 0.6 is 0 Å². The molecule has 166 valence electrons. The molecule has 0 unspecified atom stereocenters. The lowest BCUT2D eigenvalue weighted by atomic mass is 10.0. The average molecular weight is 433 g/mol. The predicted molar refractivity (Wildman–Crippen MR) is 106 cm³/mol. The molecule has 10 heteroatoms. The van der Waals surface area contributed by atoms with Gasteiger partial charge in [-0.2, -0.15) is 0 Å². The molecular formula is C21H24FN3O6. The van der Waals surface area contributed by atoms with Crippen LogP contribution in [0.5, 0.6) is 5.75 Å². The second-order valence-corrected chi connectivity index (χ2v) is 6.96. The van der Waals surface area contributed by atoms with E-state index in [0.29, 0.717) is 13.2 Å². The molecule has 0 radical (unpaired) electrons. The maximum absolute atomic E-state index is 13.1. The number of halogens is 1. The monoisotopic (exact) mass is 433 g/mol. The highest BCUT2D eigenvalue weighted by atomic mass is 19.1. The second-order valence-electron chi connectivity index (χ2n) is 6.96. The zero-order valence-electron chi connectivity index (χ0n) is 17.3. The topological polar surface area (TPSA) is 120 Å². The molecule has 1 fully saturated rings. The van der Waals surface area contributed by atoms with Crippen molar-refractivity contribution in [3.05, 3.63) is 52.9 Å². The third kappa shape index (κ3) is 5.96. The molecule has 9 nitrogen and oxygen atoms in total. The minimum Gasteiger partial charge on any atom is -0.504 e. The van der Waals surface area contributed by atoms with Crippen molar-refractivity contribution < 1.29 is 33.3 Å². The van der Waals surface area contributed by atoms with E-state index in [1.807, 2.05) is 0 Å². The van der Waals surface area contributed by atoms with Crippen LogP contribution in [0.1, 0.15) is 40.4 Å². The average Bonchev–Trinajstić information content (AvgIpc) is 2.76. The maximum atomic E-state index is 13.1. The summed E-state index contributed by atoms with van der Waals surface area (Å²) in [5.74, 6) is -1.77. The smallest absolute Gasteiger partial charge is 0.325 e. The van der Waals surface area contributed by atoms with Gasteiger partial charge in [-0.25, -0.2) is 14.4 Å².